The Kier molecular flexibility index (Phi) is 5.95. The van der Waals surface area contributed by atoms with Crippen molar-refractivity contribution < 1.29 is 45.3 Å². The first-order chi connectivity index (χ1) is 14.5. The smallest absolute Gasteiger partial charge is 0.437 e. The number of benzene rings is 2. The van der Waals surface area contributed by atoms with Crippen LogP contribution in [0.25, 0.3) is 0 Å². The standard InChI is InChI=1S/C18H11F6N3O4/c19-17(20,21)30-12-5-1-3-10(7-12)28-15-14(25)16(27-9-26-15)29-11-4-2-6-13(8-11)31-18(22,23)24/h1-9H,25H2. The molecule has 0 spiro atoms. The summed E-state index contributed by atoms with van der Waals surface area (Å²) in [6, 6.07) is 9.17. The van der Waals surface area contributed by atoms with Gasteiger partial charge in [0.2, 0.25) is 11.8 Å². The third-order valence-electron chi connectivity index (χ3n) is 3.32. The second-order valence-corrected chi connectivity index (χ2v) is 5.65. The van der Waals surface area contributed by atoms with Gasteiger partial charge in [-0.2, -0.15) is 9.97 Å². The molecule has 0 atom stereocenters. The van der Waals surface area contributed by atoms with Crippen molar-refractivity contribution >= 4 is 5.69 Å². The van der Waals surface area contributed by atoms with Crippen molar-refractivity contribution in [1.29, 1.82) is 0 Å². The first-order valence-corrected chi connectivity index (χ1v) is 8.16. The zero-order valence-electron chi connectivity index (χ0n) is 15.1. The second-order valence-electron chi connectivity index (χ2n) is 5.65. The van der Waals surface area contributed by atoms with Crippen LogP contribution in [0.15, 0.2) is 54.9 Å². The molecule has 1 aromatic heterocycles. The molecule has 1 heterocycles. The summed E-state index contributed by atoms with van der Waals surface area (Å²) in [6.45, 7) is 0. The number of hydrogen-bond acceptors (Lipinski definition) is 7. The molecule has 0 saturated heterocycles. The summed E-state index contributed by atoms with van der Waals surface area (Å²) >= 11 is 0. The fourth-order valence-corrected chi connectivity index (χ4v) is 2.22. The van der Waals surface area contributed by atoms with Gasteiger partial charge in [0, 0.05) is 12.1 Å². The number of halogens is 6. The number of rotatable bonds is 6. The van der Waals surface area contributed by atoms with Gasteiger partial charge in [-0.3, -0.25) is 0 Å². The van der Waals surface area contributed by atoms with Crippen LogP contribution in [-0.4, -0.2) is 22.7 Å². The molecule has 0 aliphatic carbocycles. The van der Waals surface area contributed by atoms with Crippen LogP contribution >= 0.6 is 0 Å². The lowest BCUT2D eigenvalue weighted by Crippen LogP contribution is -2.17. The highest BCUT2D eigenvalue weighted by molar-refractivity contribution is 5.58. The minimum absolute atomic E-state index is 0.0846. The molecule has 0 unspecified atom stereocenters. The van der Waals surface area contributed by atoms with Crippen LogP contribution in [0, 0.1) is 0 Å². The molecule has 0 amide bonds. The van der Waals surface area contributed by atoms with Crippen molar-refractivity contribution in [3.8, 4) is 34.8 Å². The largest absolute Gasteiger partial charge is 0.573 e. The lowest BCUT2D eigenvalue weighted by molar-refractivity contribution is -0.275. The highest BCUT2D eigenvalue weighted by Gasteiger charge is 2.32. The summed E-state index contributed by atoms with van der Waals surface area (Å²) in [6.07, 6.45) is -8.80. The van der Waals surface area contributed by atoms with E-state index < -0.39 is 24.2 Å². The summed E-state index contributed by atoms with van der Waals surface area (Å²) in [5, 5.41) is 0. The van der Waals surface area contributed by atoms with Crippen LogP contribution in [0.5, 0.6) is 34.8 Å². The van der Waals surface area contributed by atoms with Gasteiger partial charge in [-0.15, -0.1) is 26.3 Å². The zero-order chi connectivity index (χ0) is 22.6. The van der Waals surface area contributed by atoms with Crippen LogP contribution in [0.4, 0.5) is 32.0 Å². The first kappa shape index (κ1) is 21.8. The van der Waals surface area contributed by atoms with Crippen LogP contribution in [-0.2, 0) is 0 Å². The Morgan fingerprint density at radius 3 is 1.42 bits per heavy atom. The number of aromatic nitrogens is 2. The van der Waals surface area contributed by atoms with Gasteiger partial charge in [-0.05, 0) is 24.3 Å². The average molecular weight is 447 g/mol. The normalized spacial score (nSPS) is 11.7. The molecule has 13 heteroatoms. The highest BCUT2D eigenvalue weighted by atomic mass is 19.4. The molecular weight excluding hydrogens is 436 g/mol. The van der Waals surface area contributed by atoms with Crippen LogP contribution in [0.2, 0.25) is 0 Å². The van der Waals surface area contributed by atoms with Crippen molar-refractivity contribution in [2.45, 2.75) is 12.7 Å². The van der Waals surface area contributed by atoms with E-state index in [4.69, 9.17) is 15.2 Å². The lowest BCUT2D eigenvalue weighted by atomic mass is 10.3. The molecule has 0 saturated carbocycles. The Balaban J connectivity index is 1.78. The molecule has 0 aliphatic rings. The number of alkyl halides is 6. The van der Waals surface area contributed by atoms with Gasteiger partial charge < -0.3 is 24.7 Å². The predicted molar refractivity (Wildman–Crippen MR) is 92.8 cm³/mol. The summed E-state index contributed by atoms with van der Waals surface area (Å²) in [5.41, 5.74) is 5.60. The van der Waals surface area contributed by atoms with Crippen molar-refractivity contribution in [3.05, 3.63) is 54.9 Å². The fourth-order valence-electron chi connectivity index (χ4n) is 2.22. The molecular formula is C18H11F6N3O4. The summed E-state index contributed by atoms with van der Waals surface area (Å²) in [4.78, 5) is 7.54. The van der Waals surface area contributed by atoms with E-state index in [-0.39, 0.29) is 28.9 Å². The third kappa shape index (κ3) is 6.55. The Morgan fingerprint density at radius 2 is 1.03 bits per heavy atom. The maximum atomic E-state index is 12.4. The minimum Gasteiger partial charge on any atom is -0.437 e. The van der Waals surface area contributed by atoms with Crippen LogP contribution in [0.1, 0.15) is 0 Å². The third-order valence-corrected chi connectivity index (χ3v) is 3.32. The Bertz CT molecular complexity index is 979. The molecule has 2 aromatic carbocycles. The van der Waals surface area contributed by atoms with Crippen molar-refractivity contribution in [1.82, 2.24) is 9.97 Å². The molecule has 0 fully saturated rings. The minimum atomic E-state index is -4.89. The van der Waals surface area contributed by atoms with Gasteiger partial charge in [-0.25, -0.2) is 0 Å². The predicted octanol–water partition coefficient (Wildman–Crippen LogP) is 5.44. The number of anilines is 1. The SMILES string of the molecule is Nc1c(Oc2cccc(OC(F)(F)F)c2)ncnc1Oc1cccc(OC(F)(F)F)c1. The van der Waals surface area contributed by atoms with E-state index in [9.17, 15) is 26.3 Å². The highest BCUT2D eigenvalue weighted by Crippen LogP contribution is 2.36. The zero-order valence-corrected chi connectivity index (χ0v) is 15.1. The molecule has 2 N–H and O–H groups in total. The number of nitrogens with zero attached hydrogens (tertiary/aromatic N) is 2. The maximum Gasteiger partial charge on any atom is 0.573 e. The van der Waals surface area contributed by atoms with E-state index in [0.717, 1.165) is 30.6 Å². The van der Waals surface area contributed by atoms with Crippen LogP contribution < -0.4 is 24.7 Å². The first-order valence-electron chi connectivity index (χ1n) is 8.16. The van der Waals surface area contributed by atoms with Gasteiger partial charge in [0.05, 0.1) is 0 Å². The molecule has 7 nitrogen and oxygen atoms in total. The van der Waals surface area contributed by atoms with Gasteiger partial charge >= 0.3 is 12.7 Å². The van der Waals surface area contributed by atoms with Crippen molar-refractivity contribution in [3.63, 3.8) is 0 Å². The van der Waals surface area contributed by atoms with E-state index in [2.05, 4.69) is 19.4 Å². The van der Waals surface area contributed by atoms with E-state index >= 15 is 0 Å². The van der Waals surface area contributed by atoms with Crippen molar-refractivity contribution in [2.75, 3.05) is 5.73 Å². The number of nitrogen functional groups attached to an aromatic ring is 1. The summed E-state index contributed by atoms with van der Waals surface area (Å²) < 4.78 is 92.4. The molecule has 31 heavy (non-hydrogen) atoms. The average Bonchev–Trinajstić information content (AvgIpc) is 2.63. The van der Waals surface area contributed by atoms with E-state index in [1.54, 1.807) is 0 Å². The van der Waals surface area contributed by atoms with Gasteiger partial charge in [0.25, 0.3) is 0 Å². The Morgan fingerprint density at radius 1 is 0.645 bits per heavy atom. The van der Waals surface area contributed by atoms with Gasteiger partial charge in [0.1, 0.15) is 29.3 Å². The number of hydrogen-bond donors (Lipinski definition) is 1. The maximum absolute atomic E-state index is 12.4. The van der Waals surface area contributed by atoms with Crippen LogP contribution in [0.3, 0.4) is 0 Å². The molecule has 0 bridgehead atoms. The summed E-state index contributed by atoms with van der Waals surface area (Å²) in [7, 11) is 0. The molecule has 0 aliphatic heterocycles. The van der Waals surface area contributed by atoms with E-state index in [1.807, 2.05) is 0 Å². The van der Waals surface area contributed by atoms with Crippen molar-refractivity contribution in [2.24, 2.45) is 0 Å². The molecule has 164 valence electrons. The van der Waals surface area contributed by atoms with E-state index in [1.165, 1.54) is 24.3 Å². The van der Waals surface area contributed by atoms with Gasteiger partial charge in [-0.1, -0.05) is 12.1 Å². The lowest BCUT2D eigenvalue weighted by Gasteiger charge is -2.13. The molecule has 3 aromatic rings. The van der Waals surface area contributed by atoms with Gasteiger partial charge in [0.15, 0.2) is 5.69 Å². The molecule has 0 radical (unpaired) electrons. The fraction of sp³-hybridized carbons (Fsp3) is 0.111. The quantitative estimate of drug-likeness (QED) is 0.504. The Labute approximate surface area is 170 Å². The monoisotopic (exact) mass is 447 g/mol. The second kappa shape index (κ2) is 8.45. The number of nitrogens with two attached hydrogens (primary N) is 1. The topological polar surface area (TPSA) is 88.7 Å². The molecule has 3 rings (SSSR count). The number of ether oxygens (including phenoxy) is 4. The van der Waals surface area contributed by atoms with E-state index in [0.29, 0.717) is 0 Å². The summed E-state index contributed by atoms with van der Waals surface area (Å²) in [5.74, 6) is -1.77. The Hall–Kier alpha value is -3.90.